The molecule has 88 valence electrons. The molecule has 0 radical (unpaired) electrons. The fourth-order valence-corrected chi connectivity index (χ4v) is 2.24. The van der Waals surface area contributed by atoms with E-state index in [1.54, 1.807) is 12.4 Å². The molecule has 4 heteroatoms. The van der Waals surface area contributed by atoms with E-state index in [0.717, 1.165) is 31.6 Å². The van der Waals surface area contributed by atoms with E-state index in [-0.39, 0.29) is 0 Å². The first-order valence-electron chi connectivity index (χ1n) is 5.92. The lowest BCUT2D eigenvalue weighted by Crippen LogP contribution is -2.36. The molecule has 16 heavy (non-hydrogen) atoms. The Labute approximate surface area is 96.3 Å². The number of piperidine rings is 1. The second kappa shape index (κ2) is 5.37. The quantitative estimate of drug-likeness (QED) is 0.834. The van der Waals surface area contributed by atoms with Crippen LogP contribution in [-0.4, -0.2) is 39.7 Å². The van der Waals surface area contributed by atoms with Crippen molar-refractivity contribution in [2.75, 3.05) is 19.7 Å². The van der Waals surface area contributed by atoms with Crippen molar-refractivity contribution >= 4 is 0 Å². The van der Waals surface area contributed by atoms with E-state index in [1.165, 1.54) is 0 Å². The van der Waals surface area contributed by atoms with Gasteiger partial charge in [-0.05, 0) is 38.8 Å². The fourth-order valence-electron chi connectivity index (χ4n) is 2.24. The molecule has 1 fully saturated rings. The molecule has 0 aliphatic carbocycles. The zero-order valence-corrected chi connectivity index (χ0v) is 9.71. The van der Waals surface area contributed by atoms with Crippen LogP contribution in [0, 0.1) is 5.92 Å². The van der Waals surface area contributed by atoms with Crippen LogP contribution in [0.25, 0.3) is 0 Å². The second-order valence-electron chi connectivity index (χ2n) is 4.47. The Morgan fingerprint density at radius 1 is 1.44 bits per heavy atom. The van der Waals surface area contributed by atoms with Gasteiger partial charge in [-0.15, -0.1) is 0 Å². The Balaban J connectivity index is 1.94. The Hall–Kier alpha value is -1.00. The lowest BCUT2D eigenvalue weighted by molar-refractivity contribution is 0.104. The van der Waals surface area contributed by atoms with Crippen LogP contribution in [0.5, 0.6) is 0 Å². The number of rotatable bonds is 3. The van der Waals surface area contributed by atoms with Gasteiger partial charge in [0.15, 0.2) is 0 Å². The first-order valence-corrected chi connectivity index (χ1v) is 5.92. The van der Waals surface area contributed by atoms with Gasteiger partial charge >= 0.3 is 0 Å². The highest BCUT2D eigenvalue weighted by Crippen LogP contribution is 2.24. The number of aliphatic hydroxyl groups is 1. The van der Waals surface area contributed by atoms with Crippen molar-refractivity contribution in [3.05, 3.63) is 24.3 Å². The van der Waals surface area contributed by atoms with Gasteiger partial charge in [0.1, 0.15) is 0 Å². The van der Waals surface area contributed by atoms with E-state index in [9.17, 15) is 0 Å². The summed E-state index contributed by atoms with van der Waals surface area (Å²) in [6.07, 6.45) is 7.45. The number of aliphatic hydroxyl groups excluding tert-OH is 1. The summed E-state index contributed by atoms with van der Waals surface area (Å²) in [6, 6.07) is 0.327. The summed E-state index contributed by atoms with van der Waals surface area (Å²) in [4.78, 5) is 10.9. The van der Waals surface area contributed by atoms with E-state index in [1.807, 2.05) is 6.20 Å². The van der Waals surface area contributed by atoms with Gasteiger partial charge in [-0.25, -0.2) is 0 Å². The predicted molar refractivity (Wildman–Crippen MR) is 61.8 cm³/mol. The monoisotopic (exact) mass is 221 g/mol. The Morgan fingerprint density at radius 2 is 2.19 bits per heavy atom. The third-order valence-electron chi connectivity index (χ3n) is 3.47. The molecule has 4 nitrogen and oxygen atoms in total. The largest absolute Gasteiger partial charge is 0.396 e. The normalized spacial score (nSPS) is 20.9. The minimum absolute atomic E-state index is 0.327. The van der Waals surface area contributed by atoms with Crippen LogP contribution in [0.1, 0.15) is 31.5 Å². The smallest absolute Gasteiger partial charge is 0.0755 e. The summed E-state index contributed by atoms with van der Waals surface area (Å²) in [6.45, 7) is 4.59. The minimum atomic E-state index is 0.327. The highest BCUT2D eigenvalue weighted by molar-refractivity contribution is 5.01. The first kappa shape index (κ1) is 11.5. The number of nitrogens with zero attached hydrogens (tertiary/aromatic N) is 3. The maximum absolute atomic E-state index is 9.09. The number of hydrogen-bond acceptors (Lipinski definition) is 4. The summed E-state index contributed by atoms with van der Waals surface area (Å²) in [5.74, 6) is 0.491. The molecule has 1 aromatic rings. The summed E-state index contributed by atoms with van der Waals surface area (Å²) in [7, 11) is 0. The van der Waals surface area contributed by atoms with Crippen molar-refractivity contribution in [2.45, 2.75) is 25.8 Å². The molecule has 0 amide bonds. The maximum atomic E-state index is 9.09. The van der Waals surface area contributed by atoms with Gasteiger partial charge in [-0.2, -0.15) is 0 Å². The van der Waals surface area contributed by atoms with Gasteiger partial charge in [-0.3, -0.25) is 14.9 Å². The molecule has 2 heterocycles. The lowest BCUT2D eigenvalue weighted by Gasteiger charge is -2.35. The SMILES string of the molecule is CC(c1cnccn1)N1CCC(CO)CC1. The molecule has 1 saturated heterocycles. The molecule has 0 aromatic carbocycles. The third-order valence-corrected chi connectivity index (χ3v) is 3.47. The van der Waals surface area contributed by atoms with Crippen LogP contribution in [-0.2, 0) is 0 Å². The van der Waals surface area contributed by atoms with E-state index >= 15 is 0 Å². The van der Waals surface area contributed by atoms with Gasteiger partial charge in [0.2, 0.25) is 0 Å². The summed E-state index contributed by atoms with van der Waals surface area (Å²) in [5.41, 5.74) is 1.03. The minimum Gasteiger partial charge on any atom is -0.396 e. The van der Waals surface area contributed by atoms with Gasteiger partial charge in [0, 0.05) is 25.2 Å². The van der Waals surface area contributed by atoms with E-state index in [0.29, 0.717) is 18.6 Å². The van der Waals surface area contributed by atoms with E-state index in [4.69, 9.17) is 5.11 Å². The maximum Gasteiger partial charge on any atom is 0.0755 e. The van der Waals surface area contributed by atoms with Crippen LogP contribution >= 0.6 is 0 Å². The highest BCUT2D eigenvalue weighted by atomic mass is 16.3. The topological polar surface area (TPSA) is 49.2 Å². The van der Waals surface area contributed by atoms with Gasteiger partial charge < -0.3 is 5.11 Å². The highest BCUT2D eigenvalue weighted by Gasteiger charge is 2.23. The number of aromatic nitrogens is 2. The average molecular weight is 221 g/mol. The second-order valence-corrected chi connectivity index (χ2v) is 4.47. The first-order chi connectivity index (χ1) is 7.81. The molecule has 1 N–H and O–H groups in total. The Kier molecular flexibility index (Phi) is 3.85. The summed E-state index contributed by atoms with van der Waals surface area (Å²) < 4.78 is 0. The van der Waals surface area contributed by atoms with Gasteiger partial charge in [0.05, 0.1) is 11.7 Å². The molecule has 1 aromatic heterocycles. The fraction of sp³-hybridized carbons (Fsp3) is 0.667. The van der Waals surface area contributed by atoms with E-state index < -0.39 is 0 Å². The number of hydrogen-bond donors (Lipinski definition) is 1. The molecule has 0 saturated carbocycles. The van der Waals surface area contributed by atoms with Crippen molar-refractivity contribution in [1.29, 1.82) is 0 Å². The van der Waals surface area contributed by atoms with Crippen molar-refractivity contribution in [3.63, 3.8) is 0 Å². The van der Waals surface area contributed by atoms with Crippen LogP contribution < -0.4 is 0 Å². The molecule has 1 aliphatic rings. The zero-order valence-electron chi connectivity index (χ0n) is 9.71. The molecule has 1 aliphatic heterocycles. The molecule has 1 atom stereocenters. The molecular formula is C12H19N3O. The third kappa shape index (κ3) is 2.57. The lowest BCUT2D eigenvalue weighted by atomic mass is 9.96. The molecular weight excluding hydrogens is 202 g/mol. The van der Waals surface area contributed by atoms with E-state index in [2.05, 4.69) is 21.8 Å². The molecule has 0 spiro atoms. The summed E-state index contributed by atoms with van der Waals surface area (Å²) >= 11 is 0. The van der Waals surface area contributed by atoms with Crippen molar-refractivity contribution in [1.82, 2.24) is 14.9 Å². The molecule has 2 rings (SSSR count). The van der Waals surface area contributed by atoms with Crippen LogP contribution in [0.2, 0.25) is 0 Å². The van der Waals surface area contributed by atoms with Gasteiger partial charge in [0.25, 0.3) is 0 Å². The zero-order chi connectivity index (χ0) is 11.4. The number of likely N-dealkylation sites (tertiary alicyclic amines) is 1. The Morgan fingerprint density at radius 3 is 2.75 bits per heavy atom. The molecule has 0 bridgehead atoms. The average Bonchev–Trinajstić information content (AvgIpc) is 2.39. The van der Waals surface area contributed by atoms with Gasteiger partial charge in [-0.1, -0.05) is 0 Å². The standard InChI is InChI=1S/C12H19N3O/c1-10(12-8-13-4-5-14-12)15-6-2-11(9-16)3-7-15/h4-5,8,10-11,16H,2-3,6-7,9H2,1H3. The predicted octanol–water partition coefficient (Wildman–Crippen LogP) is 1.24. The van der Waals surface area contributed by atoms with Crippen LogP contribution in [0.4, 0.5) is 0 Å². The van der Waals surface area contributed by atoms with Crippen molar-refractivity contribution in [3.8, 4) is 0 Å². The molecule has 1 unspecified atom stereocenters. The Bertz CT molecular complexity index is 309. The summed E-state index contributed by atoms with van der Waals surface area (Å²) in [5, 5.41) is 9.09. The van der Waals surface area contributed by atoms with Crippen molar-refractivity contribution in [2.24, 2.45) is 5.92 Å². The van der Waals surface area contributed by atoms with Crippen LogP contribution in [0.15, 0.2) is 18.6 Å². The van der Waals surface area contributed by atoms with Crippen LogP contribution in [0.3, 0.4) is 0 Å². The van der Waals surface area contributed by atoms with Crippen molar-refractivity contribution < 1.29 is 5.11 Å².